The lowest BCUT2D eigenvalue weighted by Crippen LogP contribution is -2.24. The summed E-state index contributed by atoms with van der Waals surface area (Å²) in [5.41, 5.74) is 1.04. The highest BCUT2D eigenvalue weighted by Gasteiger charge is 2.04. The fraction of sp³-hybridized carbons (Fsp3) is 0.417. The second-order valence-electron chi connectivity index (χ2n) is 4.18. The first-order chi connectivity index (χ1) is 9.04. The van der Waals surface area contributed by atoms with Crippen molar-refractivity contribution in [2.45, 2.75) is 4.34 Å². The molecule has 7 heteroatoms. The van der Waals surface area contributed by atoms with Gasteiger partial charge >= 0.3 is 0 Å². The highest BCUT2D eigenvalue weighted by molar-refractivity contribution is 8.01. The molecule has 19 heavy (non-hydrogen) atoms. The molecule has 1 heterocycles. The van der Waals surface area contributed by atoms with Gasteiger partial charge in [0.1, 0.15) is 9.84 Å². The van der Waals surface area contributed by atoms with Crippen molar-refractivity contribution in [2.75, 3.05) is 30.9 Å². The van der Waals surface area contributed by atoms with E-state index in [4.69, 9.17) is 0 Å². The number of aromatic nitrogens is 1. The van der Waals surface area contributed by atoms with Crippen LogP contribution in [0.25, 0.3) is 10.2 Å². The van der Waals surface area contributed by atoms with Gasteiger partial charge in [-0.3, -0.25) is 0 Å². The fourth-order valence-electron chi connectivity index (χ4n) is 1.51. The molecule has 0 fully saturated rings. The molecule has 0 aliphatic heterocycles. The van der Waals surface area contributed by atoms with Crippen LogP contribution in [0.15, 0.2) is 28.6 Å². The Balaban J connectivity index is 1.71. The average Bonchev–Trinajstić information content (AvgIpc) is 2.74. The third-order valence-electron chi connectivity index (χ3n) is 2.43. The molecule has 2 aromatic rings. The molecule has 0 bridgehead atoms. The molecule has 0 unspecified atom stereocenters. The Labute approximate surface area is 121 Å². The van der Waals surface area contributed by atoms with E-state index in [9.17, 15) is 8.42 Å². The van der Waals surface area contributed by atoms with Gasteiger partial charge in [-0.1, -0.05) is 23.9 Å². The summed E-state index contributed by atoms with van der Waals surface area (Å²) < 4.78 is 24.1. The molecule has 1 N–H and O–H groups in total. The van der Waals surface area contributed by atoms with Crippen molar-refractivity contribution in [1.82, 2.24) is 10.3 Å². The van der Waals surface area contributed by atoms with Crippen LogP contribution in [0.3, 0.4) is 0 Å². The van der Waals surface area contributed by atoms with E-state index in [1.54, 1.807) is 23.1 Å². The molecule has 0 aliphatic carbocycles. The average molecular weight is 316 g/mol. The summed E-state index contributed by atoms with van der Waals surface area (Å²) in [6.07, 6.45) is 1.25. The van der Waals surface area contributed by atoms with E-state index in [1.165, 1.54) is 11.0 Å². The number of rotatable bonds is 7. The van der Waals surface area contributed by atoms with Crippen LogP contribution in [0, 0.1) is 0 Å². The smallest absolute Gasteiger partial charge is 0.151 e. The molecule has 1 aromatic heterocycles. The van der Waals surface area contributed by atoms with Crippen LogP contribution >= 0.6 is 23.1 Å². The number of benzene rings is 1. The van der Waals surface area contributed by atoms with E-state index >= 15 is 0 Å². The number of thiazole rings is 1. The van der Waals surface area contributed by atoms with Crippen molar-refractivity contribution < 1.29 is 8.42 Å². The van der Waals surface area contributed by atoms with E-state index in [0.29, 0.717) is 6.54 Å². The summed E-state index contributed by atoms with van der Waals surface area (Å²) in [4.78, 5) is 4.53. The van der Waals surface area contributed by atoms with Gasteiger partial charge in [-0.05, 0) is 12.1 Å². The maximum absolute atomic E-state index is 10.9. The summed E-state index contributed by atoms with van der Waals surface area (Å²) >= 11 is 3.39. The molecule has 0 saturated carbocycles. The number of nitrogens with one attached hydrogen (secondary N) is 1. The van der Waals surface area contributed by atoms with Gasteiger partial charge in [0.05, 0.1) is 16.0 Å². The lowest BCUT2D eigenvalue weighted by Gasteiger charge is -2.02. The Morgan fingerprint density at radius 1 is 1.32 bits per heavy atom. The molecular weight excluding hydrogens is 300 g/mol. The summed E-state index contributed by atoms with van der Waals surface area (Å²) in [5, 5.41) is 3.12. The lowest BCUT2D eigenvalue weighted by molar-refractivity contribution is 0.598. The summed E-state index contributed by atoms with van der Waals surface area (Å²) in [6, 6.07) is 8.09. The van der Waals surface area contributed by atoms with E-state index in [0.717, 1.165) is 22.2 Å². The third-order valence-corrected chi connectivity index (χ3v) is 5.56. The number of hydrogen-bond acceptors (Lipinski definition) is 6. The first kappa shape index (κ1) is 14.8. The van der Waals surface area contributed by atoms with E-state index in [2.05, 4.69) is 16.4 Å². The largest absolute Gasteiger partial charge is 0.315 e. The lowest BCUT2D eigenvalue weighted by atomic mass is 10.3. The van der Waals surface area contributed by atoms with Gasteiger partial charge in [-0.25, -0.2) is 13.4 Å². The van der Waals surface area contributed by atoms with Gasteiger partial charge < -0.3 is 5.32 Å². The molecule has 0 amide bonds. The Morgan fingerprint density at radius 2 is 2.11 bits per heavy atom. The first-order valence-corrected chi connectivity index (χ1v) is 9.78. The second-order valence-corrected chi connectivity index (χ2v) is 8.81. The number of fused-ring (bicyclic) bond motifs is 1. The molecule has 0 aliphatic rings. The van der Waals surface area contributed by atoms with Gasteiger partial charge in [-0.2, -0.15) is 0 Å². The molecule has 104 valence electrons. The zero-order valence-electron chi connectivity index (χ0n) is 10.6. The van der Waals surface area contributed by atoms with Crippen LogP contribution in [0.2, 0.25) is 0 Å². The van der Waals surface area contributed by atoms with Crippen molar-refractivity contribution in [3.05, 3.63) is 24.3 Å². The Bertz CT molecular complexity index is 604. The van der Waals surface area contributed by atoms with Crippen LogP contribution in [-0.4, -0.2) is 44.3 Å². The Kier molecular flexibility index (Phi) is 5.20. The number of para-hydroxylation sites is 1. The normalized spacial score (nSPS) is 12.1. The van der Waals surface area contributed by atoms with Gasteiger partial charge in [-0.15, -0.1) is 11.3 Å². The standard InChI is InChI=1S/C12H16N2O2S3/c1-19(15,16)9-7-13-6-8-17-12-14-10-4-2-3-5-11(10)18-12/h2-5,13H,6-9H2,1H3. The van der Waals surface area contributed by atoms with Crippen molar-refractivity contribution in [3.63, 3.8) is 0 Å². The van der Waals surface area contributed by atoms with Crippen LogP contribution in [0.1, 0.15) is 0 Å². The predicted molar refractivity (Wildman–Crippen MR) is 82.9 cm³/mol. The van der Waals surface area contributed by atoms with Crippen LogP contribution in [-0.2, 0) is 9.84 Å². The quantitative estimate of drug-likeness (QED) is 0.625. The molecular formula is C12H16N2O2S3. The van der Waals surface area contributed by atoms with E-state index in [1.807, 2.05) is 18.2 Å². The van der Waals surface area contributed by atoms with Crippen molar-refractivity contribution in [2.24, 2.45) is 0 Å². The minimum atomic E-state index is -2.86. The SMILES string of the molecule is CS(=O)(=O)CCNCCSc1nc2ccccc2s1. The maximum Gasteiger partial charge on any atom is 0.151 e. The number of thioether (sulfide) groups is 1. The Morgan fingerprint density at radius 3 is 2.84 bits per heavy atom. The van der Waals surface area contributed by atoms with Crippen LogP contribution in [0.5, 0.6) is 0 Å². The maximum atomic E-state index is 10.9. The first-order valence-electron chi connectivity index (χ1n) is 5.91. The van der Waals surface area contributed by atoms with Gasteiger partial charge in [0.2, 0.25) is 0 Å². The molecule has 0 saturated heterocycles. The topological polar surface area (TPSA) is 59.1 Å². The van der Waals surface area contributed by atoms with Gasteiger partial charge in [0, 0.05) is 25.1 Å². The predicted octanol–water partition coefficient (Wildman–Crippen LogP) is 2.02. The van der Waals surface area contributed by atoms with E-state index in [-0.39, 0.29) is 5.75 Å². The summed E-state index contributed by atoms with van der Waals surface area (Å²) in [5.74, 6) is 1.09. The fourth-order valence-corrected chi connectivity index (χ4v) is 4.06. The van der Waals surface area contributed by atoms with Gasteiger partial charge in [0.15, 0.2) is 4.34 Å². The third kappa shape index (κ3) is 5.10. The van der Waals surface area contributed by atoms with Crippen LogP contribution in [0.4, 0.5) is 0 Å². The van der Waals surface area contributed by atoms with E-state index < -0.39 is 9.84 Å². The molecule has 4 nitrogen and oxygen atoms in total. The van der Waals surface area contributed by atoms with Crippen LogP contribution < -0.4 is 5.32 Å². The summed E-state index contributed by atoms with van der Waals surface area (Å²) in [7, 11) is -2.86. The minimum Gasteiger partial charge on any atom is -0.315 e. The number of hydrogen-bond donors (Lipinski definition) is 1. The molecule has 0 atom stereocenters. The van der Waals surface area contributed by atoms with Crippen molar-refractivity contribution in [1.29, 1.82) is 0 Å². The minimum absolute atomic E-state index is 0.193. The van der Waals surface area contributed by atoms with Crippen molar-refractivity contribution in [3.8, 4) is 0 Å². The number of sulfone groups is 1. The molecule has 1 aromatic carbocycles. The highest BCUT2D eigenvalue weighted by Crippen LogP contribution is 2.28. The molecule has 0 spiro atoms. The monoisotopic (exact) mass is 316 g/mol. The van der Waals surface area contributed by atoms with Gasteiger partial charge in [0.25, 0.3) is 0 Å². The molecule has 2 rings (SSSR count). The molecule has 0 radical (unpaired) electrons. The van der Waals surface area contributed by atoms with Crippen molar-refractivity contribution >= 4 is 43.2 Å². The number of nitrogens with zero attached hydrogens (tertiary/aromatic N) is 1. The second kappa shape index (κ2) is 6.69. The zero-order valence-corrected chi connectivity index (χ0v) is 13.1. The Hall–Kier alpha value is -0.630. The highest BCUT2D eigenvalue weighted by atomic mass is 32.2. The zero-order chi connectivity index (χ0) is 13.7. The summed E-state index contributed by atoms with van der Waals surface area (Å²) in [6.45, 7) is 1.30.